The summed E-state index contributed by atoms with van der Waals surface area (Å²) in [6.07, 6.45) is 5.38. The van der Waals surface area contributed by atoms with E-state index in [2.05, 4.69) is 14.8 Å². The number of amides is 1. The molecule has 1 aromatic heterocycles. The number of rotatable bonds is 8. The van der Waals surface area contributed by atoms with Crippen LogP contribution in [0.3, 0.4) is 0 Å². The molecular formula is C34H37FN4O5. The number of halogens is 1. The van der Waals surface area contributed by atoms with Crippen LogP contribution in [0, 0.1) is 5.82 Å². The fourth-order valence-electron chi connectivity index (χ4n) is 6.27. The van der Waals surface area contributed by atoms with Crippen LogP contribution in [0.1, 0.15) is 61.0 Å². The smallest absolute Gasteiger partial charge is 0.337 e. The second kappa shape index (κ2) is 13.1. The molecule has 4 aromatic rings. The summed E-state index contributed by atoms with van der Waals surface area (Å²) >= 11 is 0. The molecule has 2 aliphatic rings. The molecule has 1 saturated carbocycles. The lowest BCUT2D eigenvalue weighted by Crippen LogP contribution is -2.36. The third-order valence-electron chi connectivity index (χ3n) is 8.38. The summed E-state index contributed by atoms with van der Waals surface area (Å²) < 4.78 is 34.6. The fourth-order valence-corrected chi connectivity index (χ4v) is 6.27. The summed E-state index contributed by atoms with van der Waals surface area (Å²) in [5, 5.41) is 2.83. The second-order valence-electron chi connectivity index (χ2n) is 11.3. The average molecular weight is 601 g/mol. The summed E-state index contributed by atoms with van der Waals surface area (Å²) in [4.78, 5) is 30.9. The number of hydrogen-bond acceptors (Lipinski definition) is 7. The fraction of sp³-hybridized carbons (Fsp3) is 0.382. The van der Waals surface area contributed by atoms with E-state index in [1.165, 1.54) is 26.5 Å². The summed E-state index contributed by atoms with van der Waals surface area (Å²) in [5.41, 5.74) is 4.82. The Balaban J connectivity index is 1.30. The van der Waals surface area contributed by atoms with Crippen molar-refractivity contribution in [1.29, 1.82) is 0 Å². The first kappa shape index (κ1) is 29.6. The zero-order valence-electron chi connectivity index (χ0n) is 25.1. The van der Waals surface area contributed by atoms with Crippen molar-refractivity contribution in [2.45, 2.75) is 51.7 Å². The van der Waals surface area contributed by atoms with E-state index in [1.807, 2.05) is 24.3 Å². The lowest BCUT2D eigenvalue weighted by atomic mass is 9.94. The van der Waals surface area contributed by atoms with Gasteiger partial charge in [0.05, 0.1) is 42.5 Å². The molecule has 1 saturated heterocycles. The molecule has 2 heterocycles. The minimum absolute atomic E-state index is 0.158. The van der Waals surface area contributed by atoms with Crippen molar-refractivity contribution in [3.63, 3.8) is 0 Å². The van der Waals surface area contributed by atoms with Gasteiger partial charge in [0.15, 0.2) is 0 Å². The van der Waals surface area contributed by atoms with Gasteiger partial charge in [-0.05, 0) is 61.4 Å². The van der Waals surface area contributed by atoms with Crippen molar-refractivity contribution < 1.29 is 28.2 Å². The number of fused-ring (bicyclic) bond motifs is 1. The van der Waals surface area contributed by atoms with E-state index in [0.29, 0.717) is 47.1 Å². The zero-order valence-corrected chi connectivity index (χ0v) is 25.1. The zero-order chi connectivity index (χ0) is 30.6. The van der Waals surface area contributed by atoms with Crippen molar-refractivity contribution in [3.05, 3.63) is 71.5 Å². The van der Waals surface area contributed by atoms with Gasteiger partial charge in [-0.1, -0.05) is 19.3 Å². The highest BCUT2D eigenvalue weighted by molar-refractivity contribution is 5.94. The van der Waals surface area contributed by atoms with Crippen molar-refractivity contribution in [2.24, 2.45) is 0 Å². The van der Waals surface area contributed by atoms with Crippen LogP contribution in [-0.4, -0.2) is 54.8 Å². The number of hydrogen-bond donors (Lipinski definition) is 1. The molecular weight excluding hydrogens is 563 g/mol. The van der Waals surface area contributed by atoms with Gasteiger partial charge in [0, 0.05) is 49.1 Å². The minimum Gasteiger partial charge on any atom is -0.489 e. The Morgan fingerprint density at radius 3 is 2.55 bits per heavy atom. The summed E-state index contributed by atoms with van der Waals surface area (Å²) in [6, 6.07) is 16.1. The number of benzene rings is 3. The minimum atomic E-state index is -0.441. The molecule has 44 heavy (non-hydrogen) atoms. The van der Waals surface area contributed by atoms with E-state index < -0.39 is 11.8 Å². The monoisotopic (exact) mass is 600 g/mol. The largest absolute Gasteiger partial charge is 0.489 e. The van der Waals surface area contributed by atoms with Gasteiger partial charge in [-0.15, -0.1) is 0 Å². The molecule has 0 spiro atoms. The summed E-state index contributed by atoms with van der Waals surface area (Å²) in [7, 11) is 1.35. The van der Waals surface area contributed by atoms with Crippen molar-refractivity contribution in [2.75, 3.05) is 43.6 Å². The molecule has 2 fully saturated rings. The van der Waals surface area contributed by atoms with Gasteiger partial charge >= 0.3 is 5.97 Å². The maximum atomic E-state index is 15.9. The number of nitrogens with zero attached hydrogens (tertiary/aromatic N) is 3. The molecule has 1 aliphatic carbocycles. The predicted octanol–water partition coefficient (Wildman–Crippen LogP) is 6.51. The van der Waals surface area contributed by atoms with E-state index in [0.717, 1.165) is 55.5 Å². The second-order valence-corrected chi connectivity index (χ2v) is 11.3. The number of carbonyl (C=O) groups is 2. The maximum Gasteiger partial charge on any atom is 0.337 e. The van der Waals surface area contributed by atoms with E-state index >= 15 is 4.39 Å². The van der Waals surface area contributed by atoms with Gasteiger partial charge in [0.1, 0.15) is 24.0 Å². The van der Waals surface area contributed by atoms with Gasteiger partial charge in [0.25, 0.3) is 0 Å². The van der Waals surface area contributed by atoms with Crippen LogP contribution < -0.4 is 15.0 Å². The van der Waals surface area contributed by atoms with E-state index in [9.17, 15) is 9.59 Å². The molecule has 0 unspecified atom stereocenters. The normalized spacial score (nSPS) is 15.8. The molecule has 3 aromatic carbocycles. The van der Waals surface area contributed by atoms with Crippen LogP contribution in [0.4, 0.5) is 15.8 Å². The van der Waals surface area contributed by atoms with Gasteiger partial charge in [-0.2, -0.15) is 0 Å². The highest BCUT2D eigenvalue weighted by atomic mass is 19.1. The van der Waals surface area contributed by atoms with Crippen LogP contribution in [0.25, 0.3) is 22.4 Å². The SMILES string of the molecule is COC(=O)c1ccc2c(c1)nc(-c1ccc(OCc3cc(NC(C)=O)ccc3N3CCOCC3)cc1F)n2C1CCCCC1. The number of esters is 1. The molecule has 230 valence electrons. The Labute approximate surface area is 255 Å². The number of morpholine rings is 1. The Morgan fingerprint density at radius 1 is 1.02 bits per heavy atom. The van der Waals surface area contributed by atoms with Crippen molar-refractivity contribution in [1.82, 2.24) is 9.55 Å². The molecule has 0 atom stereocenters. The maximum absolute atomic E-state index is 15.9. The number of aromatic nitrogens is 2. The first-order chi connectivity index (χ1) is 21.4. The van der Waals surface area contributed by atoms with Gasteiger partial charge in [-0.3, -0.25) is 4.79 Å². The standard InChI is InChI=1S/C34H37FN4O5/c1-22(40)36-25-9-13-31(38-14-16-43-17-15-38)24(18-25)21-44-27-10-11-28(29(35)20-27)33-37-30-19-23(34(41)42-2)8-12-32(30)39(33)26-6-4-3-5-7-26/h8-13,18-20,26H,3-7,14-17,21H2,1-2H3,(H,36,40). The third kappa shape index (κ3) is 6.26. The predicted molar refractivity (Wildman–Crippen MR) is 167 cm³/mol. The Bertz CT molecular complexity index is 1670. The number of nitrogens with one attached hydrogen (secondary N) is 1. The van der Waals surface area contributed by atoms with Crippen LogP contribution >= 0.6 is 0 Å². The van der Waals surface area contributed by atoms with Gasteiger partial charge in [-0.25, -0.2) is 14.2 Å². The summed E-state index contributed by atoms with van der Waals surface area (Å²) in [5.74, 6) is -0.112. The van der Waals surface area contributed by atoms with Crippen LogP contribution in [0.2, 0.25) is 0 Å². The number of imidazole rings is 1. The van der Waals surface area contributed by atoms with Gasteiger partial charge in [0.2, 0.25) is 5.91 Å². The van der Waals surface area contributed by atoms with Crippen LogP contribution in [-0.2, 0) is 20.9 Å². The first-order valence-corrected chi connectivity index (χ1v) is 15.2. The highest BCUT2D eigenvalue weighted by Crippen LogP contribution is 2.38. The molecule has 6 rings (SSSR count). The van der Waals surface area contributed by atoms with E-state index in [-0.39, 0.29) is 18.6 Å². The molecule has 0 bridgehead atoms. The lowest BCUT2D eigenvalue weighted by molar-refractivity contribution is -0.114. The molecule has 9 nitrogen and oxygen atoms in total. The Hall–Kier alpha value is -4.44. The molecule has 1 N–H and O–H groups in total. The highest BCUT2D eigenvalue weighted by Gasteiger charge is 2.25. The average Bonchev–Trinajstić information content (AvgIpc) is 3.42. The van der Waals surface area contributed by atoms with Crippen molar-refractivity contribution in [3.8, 4) is 17.1 Å². The molecule has 0 radical (unpaired) electrons. The Morgan fingerprint density at radius 2 is 1.82 bits per heavy atom. The lowest BCUT2D eigenvalue weighted by Gasteiger charge is -2.31. The van der Waals surface area contributed by atoms with E-state index in [1.54, 1.807) is 24.3 Å². The topological polar surface area (TPSA) is 94.9 Å². The number of anilines is 2. The molecule has 10 heteroatoms. The molecule has 1 amide bonds. The van der Waals surface area contributed by atoms with Gasteiger partial charge < -0.3 is 29.0 Å². The van der Waals surface area contributed by atoms with Crippen molar-refractivity contribution >= 4 is 34.3 Å². The first-order valence-electron chi connectivity index (χ1n) is 15.2. The number of ether oxygens (including phenoxy) is 3. The third-order valence-corrected chi connectivity index (χ3v) is 8.38. The number of methoxy groups -OCH3 is 1. The van der Waals surface area contributed by atoms with E-state index in [4.69, 9.17) is 19.2 Å². The Kier molecular flexibility index (Phi) is 8.79. The molecule has 1 aliphatic heterocycles. The number of carbonyl (C=O) groups excluding carboxylic acids is 2. The quantitative estimate of drug-likeness (QED) is 0.231. The van der Waals surface area contributed by atoms with Crippen LogP contribution in [0.15, 0.2) is 54.6 Å². The van der Waals surface area contributed by atoms with Crippen LogP contribution in [0.5, 0.6) is 5.75 Å². The summed E-state index contributed by atoms with van der Waals surface area (Å²) in [6.45, 7) is 4.43.